The number of anilines is 2. The van der Waals surface area contributed by atoms with Crippen molar-refractivity contribution in [2.75, 3.05) is 30.3 Å². The number of phenols is 2. The largest absolute Gasteiger partial charge is 0.508 e. The topological polar surface area (TPSA) is 238 Å². The molecular weight excluding hydrogens is 1130 g/mol. The van der Waals surface area contributed by atoms with Gasteiger partial charge in [-0.05, 0) is 143 Å². The molecule has 0 saturated heterocycles. The van der Waals surface area contributed by atoms with Crippen molar-refractivity contribution in [3.63, 3.8) is 0 Å². The van der Waals surface area contributed by atoms with Crippen LogP contribution in [0.15, 0.2) is 168 Å². The Morgan fingerprint density at radius 2 is 1.00 bits per heavy atom. The van der Waals surface area contributed by atoms with Crippen molar-refractivity contribution in [1.82, 2.24) is 19.8 Å². The van der Waals surface area contributed by atoms with Gasteiger partial charge < -0.3 is 45.7 Å². The quantitative estimate of drug-likeness (QED) is 0.0236. The highest BCUT2D eigenvalue weighted by atomic mass is 19.2. The fourth-order valence-corrected chi connectivity index (χ4v) is 8.43. The van der Waals surface area contributed by atoms with E-state index in [1.165, 1.54) is 48.8 Å². The lowest BCUT2D eigenvalue weighted by atomic mass is 10.0. The number of aliphatic hydroxyl groups excluding tert-OH is 1. The second-order valence-corrected chi connectivity index (χ2v) is 18.8. The Bertz CT molecular complexity index is 4020. The number of phenolic OH excluding ortho intramolecular Hbond substituents is 2. The molecule has 440 valence electrons. The van der Waals surface area contributed by atoms with Crippen molar-refractivity contribution in [2.24, 2.45) is 0 Å². The van der Waals surface area contributed by atoms with Gasteiger partial charge in [-0.25, -0.2) is 26.3 Å². The van der Waals surface area contributed by atoms with Crippen molar-refractivity contribution in [3.05, 3.63) is 269 Å². The van der Waals surface area contributed by atoms with Crippen LogP contribution in [0.25, 0.3) is 23.8 Å². The van der Waals surface area contributed by atoms with E-state index in [0.717, 1.165) is 73.2 Å². The molecular formula is C64H52F6N6O10. The first-order chi connectivity index (χ1) is 41.2. The first-order valence-electron chi connectivity index (χ1n) is 26.0. The van der Waals surface area contributed by atoms with Crippen LogP contribution in [0, 0.1) is 34.9 Å². The zero-order valence-corrected chi connectivity index (χ0v) is 45.4. The molecule has 4 amide bonds. The monoisotopic (exact) mass is 1180 g/mol. The summed E-state index contributed by atoms with van der Waals surface area (Å²) in [6.07, 6.45) is 12.4. The number of amides is 4. The molecule has 0 bridgehead atoms. The lowest BCUT2D eigenvalue weighted by molar-refractivity contribution is -0.115. The summed E-state index contributed by atoms with van der Waals surface area (Å²) in [5.41, 5.74) is 4.93. The number of benzene rings is 6. The number of carbonyl (C=O) groups excluding carboxylic acids is 5. The second-order valence-electron chi connectivity index (χ2n) is 18.8. The Morgan fingerprint density at radius 3 is 1.47 bits per heavy atom. The van der Waals surface area contributed by atoms with E-state index in [0.29, 0.717) is 23.2 Å². The molecule has 2 aromatic heterocycles. The summed E-state index contributed by atoms with van der Waals surface area (Å²) in [5, 5.41) is 36.6. The Kier molecular flexibility index (Phi) is 21.4. The maximum atomic E-state index is 13.5. The van der Waals surface area contributed by atoms with Gasteiger partial charge in [-0.15, -0.1) is 0 Å². The van der Waals surface area contributed by atoms with Crippen molar-refractivity contribution in [2.45, 2.75) is 26.4 Å². The molecule has 2 aliphatic rings. The molecule has 16 nitrogen and oxygen atoms in total. The van der Waals surface area contributed by atoms with E-state index in [4.69, 9.17) is 10.2 Å². The van der Waals surface area contributed by atoms with Gasteiger partial charge in [0.1, 0.15) is 28.9 Å². The van der Waals surface area contributed by atoms with Crippen LogP contribution in [-0.2, 0) is 29.1 Å². The number of aromatic nitrogens is 2. The maximum Gasteiger partial charge on any atom is 0.263 e. The van der Waals surface area contributed by atoms with Gasteiger partial charge in [0.05, 0.1) is 19.5 Å². The van der Waals surface area contributed by atoms with E-state index < -0.39 is 57.8 Å². The summed E-state index contributed by atoms with van der Waals surface area (Å²) in [5.74, 6) is -9.88. The van der Waals surface area contributed by atoms with Gasteiger partial charge in [-0.1, -0.05) is 60.7 Å². The molecule has 86 heavy (non-hydrogen) atoms. The third-order valence-electron chi connectivity index (χ3n) is 12.5. The minimum absolute atomic E-state index is 0.0255. The Morgan fingerprint density at radius 1 is 0.570 bits per heavy atom. The number of hydrogen-bond acceptors (Lipinski definition) is 10. The summed E-state index contributed by atoms with van der Waals surface area (Å²) in [6, 6.07) is 32.3. The third-order valence-corrected chi connectivity index (χ3v) is 12.5. The van der Waals surface area contributed by atoms with Crippen LogP contribution in [0.2, 0.25) is 0 Å². The van der Waals surface area contributed by atoms with Gasteiger partial charge in [0.2, 0.25) is 5.91 Å². The maximum absolute atomic E-state index is 13.5. The SMILES string of the molecule is CCO.O=C1Cc2ccc(/C=C/CNC(=O)c3cccn(Cc4cc(F)c(F)c(F)c4)c3=O)cc2N1.O=C1Nc2cc(/C=C/CNC(=O)c3cccn(Cc4cc(F)c(F)c(F)c4)c3=O)ccc2/C1=C\c1ccc(O)cc1.O=Cc1ccc(O)cc1. The van der Waals surface area contributed by atoms with E-state index in [2.05, 4.69) is 21.3 Å². The second kappa shape index (κ2) is 29.4. The minimum atomic E-state index is -1.60. The van der Waals surface area contributed by atoms with Crippen LogP contribution in [0.4, 0.5) is 37.7 Å². The number of aromatic hydroxyl groups is 2. The van der Waals surface area contributed by atoms with Crippen LogP contribution in [0.3, 0.4) is 0 Å². The van der Waals surface area contributed by atoms with Gasteiger partial charge in [0.15, 0.2) is 34.9 Å². The van der Waals surface area contributed by atoms with E-state index in [-0.39, 0.29) is 78.4 Å². The predicted molar refractivity (Wildman–Crippen MR) is 311 cm³/mol. The van der Waals surface area contributed by atoms with Crippen molar-refractivity contribution >= 4 is 65.1 Å². The van der Waals surface area contributed by atoms with Crippen molar-refractivity contribution in [1.29, 1.82) is 0 Å². The number of aldehydes is 1. The Labute approximate surface area is 486 Å². The average molecular weight is 1180 g/mol. The zero-order valence-electron chi connectivity index (χ0n) is 45.4. The molecule has 0 atom stereocenters. The molecule has 7 N–H and O–H groups in total. The van der Waals surface area contributed by atoms with Crippen LogP contribution >= 0.6 is 0 Å². The van der Waals surface area contributed by atoms with Gasteiger partial charge in [0, 0.05) is 60.2 Å². The van der Waals surface area contributed by atoms with Gasteiger partial charge >= 0.3 is 0 Å². The Hall–Kier alpha value is -10.9. The van der Waals surface area contributed by atoms with Gasteiger partial charge in [-0.2, -0.15) is 0 Å². The van der Waals surface area contributed by atoms with Crippen LogP contribution in [0.5, 0.6) is 11.5 Å². The molecule has 0 fully saturated rings. The number of carbonyl (C=O) groups is 5. The molecule has 0 unspecified atom stereocenters. The average Bonchev–Trinajstić information content (AvgIpc) is 3.00. The van der Waals surface area contributed by atoms with Gasteiger partial charge in [-0.3, -0.25) is 33.6 Å². The summed E-state index contributed by atoms with van der Waals surface area (Å²) >= 11 is 0. The number of fused-ring (bicyclic) bond motifs is 2. The lowest BCUT2D eigenvalue weighted by Crippen LogP contribution is -2.33. The summed E-state index contributed by atoms with van der Waals surface area (Å²) in [6.45, 7) is 1.68. The van der Waals surface area contributed by atoms with Crippen LogP contribution in [-0.4, -0.2) is 74.1 Å². The van der Waals surface area contributed by atoms with Crippen molar-refractivity contribution < 1.29 is 65.6 Å². The van der Waals surface area contributed by atoms with E-state index in [9.17, 15) is 65.0 Å². The summed E-state index contributed by atoms with van der Waals surface area (Å²) in [4.78, 5) is 84.5. The van der Waals surface area contributed by atoms with E-state index in [1.807, 2.05) is 30.3 Å². The number of nitrogens with zero attached hydrogens (tertiary/aromatic N) is 2. The molecule has 0 radical (unpaired) electrons. The van der Waals surface area contributed by atoms with Crippen LogP contribution < -0.4 is 32.4 Å². The molecule has 8 aromatic rings. The number of hydrogen-bond donors (Lipinski definition) is 7. The standard InChI is InChI=1S/C31H22F3N3O4.C24H18F3N3O3.C7H6O2.C2H6O/c32-25-14-20(15-26(33)28(25)34)17-37-12-2-4-23(31(37)41)29(39)35-11-1-3-18-7-10-22-24(30(40)36-27(22)16-18)13-19-5-8-21(38)9-6-19;25-18-9-15(10-19(26)22(18)27)13-30-8-2-4-17(24(30)33)23(32)28-7-1-3-14-5-6-16-12-21(31)29-20(16)11-14;8-5-6-1-3-7(9)4-2-6;1-2-3/h1-10,12-16,38H,11,17H2,(H,35,39)(H,36,40);1-6,8-11H,7,12-13H2,(H,28,32)(H,29,31);1-5,9H;3H,2H2,1H3/b3-1+,24-13+;3-1+;;. The highest BCUT2D eigenvalue weighted by Crippen LogP contribution is 2.34. The normalized spacial score (nSPS) is 12.4. The molecule has 6 aromatic carbocycles. The van der Waals surface area contributed by atoms with E-state index in [1.54, 1.807) is 79.8 Å². The summed E-state index contributed by atoms with van der Waals surface area (Å²) < 4.78 is 82.5. The van der Waals surface area contributed by atoms with Gasteiger partial charge in [0.25, 0.3) is 28.8 Å². The number of nitrogens with one attached hydrogen (secondary N) is 4. The highest BCUT2D eigenvalue weighted by molar-refractivity contribution is 6.35. The summed E-state index contributed by atoms with van der Waals surface area (Å²) in [7, 11) is 0. The molecule has 0 spiro atoms. The molecule has 0 saturated carbocycles. The van der Waals surface area contributed by atoms with Crippen molar-refractivity contribution in [3.8, 4) is 11.5 Å². The fourth-order valence-electron chi connectivity index (χ4n) is 8.43. The smallest absolute Gasteiger partial charge is 0.263 e. The molecule has 0 aliphatic carbocycles. The molecule has 4 heterocycles. The highest BCUT2D eigenvalue weighted by Gasteiger charge is 2.24. The Balaban J connectivity index is 0.000000209. The molecule has 10 rings (SSSR count). The first-order valence-corrected chi connectivity index (χ1v) is 26.0. The number of halogens is 6. The fraction of sp³-hybridized carbons (Fsp3) is 0.109. The predicted octanol–water partition coefficient (Wildman–Crippen LogP) is 9.41. The lowest BCUT2D eigenvalue weighted by Gasteiger charge is -2.09. The number of rotatable bonds is 14. The number of aliphatic hydroxyl groups is 1. The van der Waals surface area contributed by atoms with E-state index >= 15 is 0 Å². The molecule has 2 aliphatic heterocycles. The van der Waals surface area contributed by atoms with Crippen LogP contribution in [0.1, 0.15) is 76.9 Å². The number of pyridine rings is 2. The third kappa shape index (κ3) is 16.7. The molecule has 22 heteroatoms. The minimum Gasteiger partial charge on any atom is -0.508 e. The first kappa shape index (κ1) is 62.7. The zero-order chi connectivity index (χ0) is 62.0.